The van der Waals surface area contributed by atoms with Crippen molar-refractivity contribution in [3.63, 3.8) is 0 Å². The molecular weight excluding hydrogens is 120 g/mol. The largest absolute Gasteiger partial charge is 0.433 e. The van der Waals surface area contributed by atoms with Gasteiger partial charge in [0.2, 0.25) is 6.29 Å². The van der Waals surface area contributed by atoms with Crippen molar-refractivity contribution in [2.24, 2.45) is 0 Å². The van der Waals surface area contributed by atoms with E-state index in [1.54, 1.807) is 6.92 Å². The average Bonchev–Trinajstić information content (AvgIpc) is 1.80. The molecule has 9 heavy (non-hydrogen) atoms. The molecule has 1 aliphatic rings. The normalized spacial score (nSPS) is 27.9. The third-order valence-corrected chi connectivity index (χ3v) is 1.05. The molecule has 50 valence electrons. The number of carbonyl (C=O) groups excluding carboxylic acids is 1. The lowest BCUT2D eigenvalue weighted by Crippen LogP contribution is -2.27. The maximum atomic E-state index is 10.6. The van der Waals surface area contributed by atoms with Crippen molar-refractivity contribution in [3.8, 4) is 0 Å². The molecule has 3 heteroatoms. The number of rotatable bonds is 0. The second kappa shape index (κ2) is 2.19. The van der Waals surface area contributed by atoms with Crippen molar-refractivity contribution < 1.29 is 14.3 Å². The summed E-state index contributed by atoms with van der Waals surface area (Å²) in [6, 6.07) is 0. The van der Waals surface area contributed by atoms with E-state index < -0.39 is 6.29 Å². The van der Waals surface area contributed by atoms with Crippen molar-refractivity contribution in [1.82, 2.24) is 0 Å². The second-order valence-corrected chi connectivity index (χ2v) is 1.89. The highest BCUT2D eigenvalue weighted by molar-refractivity contribution is 5.88. The minimum absolute atomic E-state index is 0.292. The Labute approximate surface area is 53.3 Å². The molecule has 1 saturated heterocycles. The molecule has 1 atom stereocenters. The van der Waals surface area contributed by atoms with Gasteiger partial charge in [-0.15, -0.1) is 0 Å². The van der Waals surface area contributed by atoms with Gasteiger partial charge < -0.3 is 9.47 Å². The van der Waals surface area contributed by atoms with Gasteiger partial charge in [0.1, 0.15) is 0 Å². The van der Waals surface area contributed by atoms with Gasteiger partial charge in [-0.2, -0.15) is 0 Å². The van der Waals surface area contributed by atoms with Gasteiger partial charge in [0.25, 0.3) is 0 Å². The lowest BCUT2D eigenvalue weighted by molar-refractivity contribution is -0.180. The molecule has 3 nitrogen and oxygen atoms in total. The summed E-state index contributed by atoms with van der Waals surface area (Å²) in [4.78, 5) is 10.6. The van der Waals surface area contributed by atoms with Gasteiger partial charge >= 0.3 is 5.97 Å². The Morgan fingerprint density at radius 1 is 1.78 bits per heavy atom. The Hall–Kier alpha value is -0.830. The highest BCUT2D eigenvalue weighted by atomic mass is 16.7. The topological polar surface area (TPSA) is 35.5 Å². The lowest BCUT2D eigenvalue weighted by atomic mass is 10.3. The van der Waals surface area contributed by atoms with Crippen molar-refractivity contribution in [2.45, 2.75) is 13.2 Å². The van der Waals surface area contributed by atoms with Crippen molar-refractivity contribution in [1.29, 1.82) is 0 Å². The average molecular weight is 128 g/mol. The number of hydrogen-bond donors (Lipinski definition) is 0. The predicted molar refractivity (Wildman–Crippen MR) is 30.6 cm³/mol. The third kappa shape index (κ3) is 1.29. The summed E-state index contributed by atoms with van der Waals surface area (Å²) in [5.74, 6) is -0.353. The van der Waals surface area contributed by atoms with Crippen LogP contribution in [0.4, 0.5) is 0 Å². The Kier molecular flexibility index (Phi) is 1.53. The fraction of sp³-hybridized carbons (Fsp3) is 0.500. The van der Waals surface area contributed by atoms with Crippen LogP contribution in [0, 0.1) is 0 Å². The molecule has 0 aliphatic carbocycles. The van der Waals surface area contributed by atoms with Gasteiger partial charge in [0.05, 0.1) is 12.2 Å². The molecule has 0 saturated carbocycles. The number of hydrogen-bond acceptors (Lipinski definition) is 3. The van der Waals surface area contributed by atoms with E-state index in [0.29, 0.717) is 12.2 Å². The molecular formula is C6H8O3. The van der Waals surface area contributed by atoms with Gasteiger partial charge in [-0.1, -0.05) is 6.58 Å². The molecule has 0 bridgehead atoms. The monoisotopic (exact) mass is 128 g/mol. The maximum absolute atomic E-state index is 10.6. The van der Waals surface area contributed by atoms with Gasteiger partial charge in [0, 0.05) is 0 Å². The quantitative estimate of drug-likeness (QED) is 0.351. The number of ether oxygens (including phenoxy) is 2. The first kappa shape index (κ1) is 6.29. The minimum Gasteiger partial charge on any atom is -0.433 e. The van der Waals surface area contributed by atoms with E-state index in [1.807, 2.05) is 0 Å². The second-order valence-electron chi connectivity index (χ2n) is 1.89. The molecule has 0 aromatic rings. The van der Waals surface area contributed by atoms with E-state index in [0.717, 1.165) is 0 Å². The lowest BCUT2D eigenvalue weighted by Gasteiger charge is -2.19. The number of carbonyl (C=O) groups is 1. The summed E-state index contributed by atoms with van der Waals surface area (Å²) >= 11 is 0. The van der Waals surface area contributed by atoms with Crippen LogP contribution in [-0.4, -0.2) is 18.9 Å². The van der Waals surface area contributed by atoms with E-state index in [1.165, 1.54) is 0 Å². The van der Waals surface area contributed by atoms with Crippen LogP contribution in [0.2, 0.25) is 0 Å². The van der Waals surface area contributed by atoms with E-state index >= 15 is 0 Å². The summed E-state index contributed by atoms with van der Waals surface area (Å²) < 4.78 is 9.56. The van der Waals surface area contributed by atoms with Crippen LogP contribution in [0.1, 0.15) is 6.92 Å². The highest BCUT2D eigenvalue weighted by Gasteiger charge is 2.19. The maximum Gasteiger partial charge on any atom is 0.338 e. The SMILES string of the molecule is C=C1CO[C@H](C)OC1=O. The smallest absolute Gasteiger partial charge is 0.338 e. The van der Waals surface area contributed by atoms with Crippen LogP contribution in [0.3, 0.4) is 0 Å². The third-order valence-electron chi connectivity index (χ3n) is 1.05. The first-order valence-electron chi connectivity index (χ1n) is 2.70. The fourth-order valence-corrected chi connectivity index (χ4v) is 0.545. The van der Waals surface area contributed by atoms with Crippen molar-refractivity contribution in [2.75, 3.05) is 6.61 Å². The zero-order valence-corrected chi connectivity index (χ0v) is 5.22. The fourth-order valence-electron chi connectivity index (χ4n) is 0.545. The summed E-state index contributed by atoms with van der Waals surface area (Å²) in [6.45, 7) is 5.39. The van der Waals surface area contributed by atoms with Crippen molar-refractivity contribution in [3.05, 3.63) is 12.2 Å². The van der Waals surface area contributed by atoms with Crippen LogP contribution in [0.15, 0.2) is 12.2 Å². The Morgan fingerprint density at radius 3 is 2.89 bits per heavy atom. The predicted octanol–water partition coefficient (Wildman–Crippen LogP) is 0.462. The van der Waals surface area contributed by atoms with Crippen LogP contribution < -0.4 is 0 Å². The van der Waals surface area contributed by atoms with E-state index in [-0.39, 0.29) is 5.97 Å². The van der Waals surface area contributed by atoms with Gasteiger partial charge in [-0.3, -0.25) is 0 Å². The van der Waals surface area contributed by atoms with Gasteiger partial charge in [-0.25, -0.2) is 4.79 Å². The van der Waals surface area contributed by atoms with Crippen LogP contribution in [-0.2, 0) is 14.3 Å². The Balaban J connectivity index is 2.54. The first-order valence-corrected chi connectivity index (χ1v) is 2.70. The summed E-state index contributed by atoms with van der Waals surface area (Å²) in [7, 11) is 0. The molecule has 0 aromatic heterocycles. The molecule has 1 rings (SSSR count). The standard InChI is InChI=1S/C6H8O3/c1-4-3-8-5(2)9-6(4)7/h5H,1,3H2,2H3/t5-/m0/s1. The minimum atomic E-state index is -0.414. The highest BCUT2D eigenvalue weighted by Crippen LogP contribution is 2.08. The molecule has 0 unspecified atom stereocenters. The summed E-state index contributed by atoms with van der Waals surface area (Å²) in [6.07, 6.45) is -0.414. The summed E-state index contributed by atoms with van der Waals surface area (Å²) in [5.41, 5.74) is 0.383. The zero-order valence-electron chi connectivity index (χ0n) is 5.22. The molecule has 0 N–H and O–H groups in total. The van der Waals surface area contributed by atoms with Crippen LogP contribution >= 0.6 is 0 Å². The Morgan fingerprint density at radius 2 is 2.44 bits per heavy atom. The molecule has 1 fully saturated rings. The molecule has 1 heterocycles. The molecule has 0 radical (unpaired) electrons. The van der Waals surface area contributed by atoms with Crippen molar-refractivity contribution >= 4 is 5.97 Å². The zero-order chi connectivity index (χ0) is 6.85. The molecule has 0 aromatic carbocycles. The number of esters is 1. The number of cyclic esters (lactones) is 1. The molecule has 1 aliphatic heterocycles. The van der Waals surface area contributed by atoms with Gasteiger partial charge in [0.15, 0.2) is 0 Å². The van der Waals surface area contributed by atoms with Crippen LogP contribution in [0.25, 0.3) is 0 Å². The van der Waals surface area contributed by atoms with E-state index in [4.69, 9.17) is 4.74 Å². The molecule has 0 spiro atoms. The molecule has 0 amide bonds. The van der Waals surface area contributed by atoms with E-state index in [2.05, 4.69) is 11.3 Å². The van der Waals surface area contributed by atoms with E-state index in [9.17, 15) is 4.79 Å². The Bertz CT molecular complexity index is 150. The summed E-state index contributed by atoms with van der Waals surface area (Å²) in [5, 5.41) is 0. The first-order chi connectivity index (χ1) is 4.20. The van der Waals surface area contributed by atoms with Crippen LogP contribution in [0.5, 0.6) is 0 Å². The van der Waals surface area contributed by atoms with Gasteiger partial charge in [-0.05, 0) is 6.92 Å².